The van der Waals surface area contributed by atoms with Crippen molar-refractivity contribution in [2.24, 2.45) is 0 Å². The number of carbonyl (C=O) groups excluding carboxylic acids is 1. The molecule has 0 unspecified atom stereocenters. The second kappa shape index (κ2) is 8.32. The van der Waals surface area contributed by atoms with E-state index in [1.54, 1.807) is 22.9 Å². The van der Waals surface area contributed by atoms with Gasteiger partial charge in [0.2, 0.25) is 5.91 Å². The Bertz CT molecular complexity index is 1060. The normalized spacial score (nSPS) is 14.6. The number of nitrogens with zero attached hydrogens (tertiary/aromatic N) is 4. The van der Waals surface area contributed by atoms with Crippen molar-refractivity contribution in [3.05, 3.63) is 46.7 Å². The molecular weight excluding hydrogens is 394 g/mol. The first-order valence-electron chi connectivity index (χ1n) is 9.22. The molecule has 28 heavy (non-hydrogen) atoms. The number of thioether (sulfide) groups is 1. The molecule has 1 amide bonds. The molecule has 1 fully saturated rings. The number of amides is 1. The minimum absolute atomic E-state index is 0.103. The molecule has 1 aliphatic carbocycles. The predicted molar refractivity (Wildman–Crippen MR) is 113 cm³/mol. The Balaban J connectivity index is 1.48. The second-order valence-corrected chi connectivity index (χ2v) is 8.51. The van der Waals surface area contributed by atoms with Gasteiger partial charge in [0.15, 0.2) is 5.16 Å². The standard InChI is InChI=1S/C19H21N5O2S2/c1-2-10-23-18(26)14-8-11-27-17(14)22-19(23)28-12-16(25)21-15-7-9-20-24(15)13-5-3-4-6-13/h2,7-9,11,13H,1,3-6,10,12H2,(H,21,25). The van der Waals surface area contributed by atoms with Gasteiger partial charge in [0, 0.05) is 12.6 Å². The van der Waals surface area contributed by atoms with Gasteiger partial charge in [-0.2, -0.15) is 5.10 Å². The lowest BCUT2D eigenvalue weighted by molar-refractivity contribution is -0.113. The molecule has 0 spiro atoms. The smallest absolute Gasteiger partial charge is 0.263 e. The van der Waals surface area contributed by atoms with E-state index >= 15 is 0 Å². The van der Waals surface area contributed by atoms with Gasteiger partial charge in [-0.05, 0) is 24.3 Å². The first-order chi connectivity index (χ1) is 13.7. The summed E-state index contributed by atoms with van der Waals surface area (Å²) < 4.78 is 3.47. The Morgan fingerprint density at radius 2 is 2.21 bits per heavy atom. The van der Waals surface area contributed by atoms with Crippen LogP contribution in [0.4, 0.5) is 5.82 Å². The molecule has 1 saturated carbocycles. The molecule has 0 atom stereocenters. The number of hydrogen-bond acceptors (Lipinski definition) is 6. The summed E-state index contributed by atoms with van der Waals surface area (Å²) in [5, 5.41) is 10.3. The Kier molecular flexibility index (Phi) is 5.63. The zero-order chi connectivity index (χ0) is 19.5. The summed E-state index contributed by atoms with van der Waals surface area (Å²) in [7, 11) is 0. The van der Waals surface area contributed by atoms with Crippen LogP contribution in [0.2, 0.25) is 0 Å². The number of thiophene rings is 1. The largest absolute Gasteiger partial charge is 0.310 e. The van der Waals surface area contributed by atoms with Crippen molar-refractivity contribution in [3.8, 4) is 0 Å². The van der Waals surface area contributed by atoms with Crippen LogP contribution in [-0.4, -0.2) is 31.0 Å². The lowest BCUT2D eigenvalue weighted by Gasteiger charge is -2.15. The van der Waals surface area contributed by atoms with E-state index in [2.05, 4.69) is 22.0 Å². The van der Waals surface area contributed by atoms with Gasteiger partial charge in [0.1, 0.15) is 10.6 Å². The van der Waals surface area contributed by atoms with Crippen molar-refractivity contribution in [2.75, 3.05) is 11.1 Å². The number of aromatic nitrogens is 4. The van der Waals surface area contributed by atoms with Crippen LogP contribution in [0.15, 0.2) is 46.3 Å². The van der Waals surface area contributed by atoms with Crippen molar-refractivity contribution in [3.63, 3.8) is 0 Å². The highest BCUT2D eigenvalue weighted by Crippen LogP contribution is 2.31. The fourth-order valence-corrected chi connectivity index (χ4v) is 5.11. The zero-order valence-electron chi connectivity index (χ0n) is 15.3. The fourth-order valence-electron chi connectivity index (χ4n) is 3.49. The highest BCUT2D eigenvalue weighted by molar-refractivity contribution is 7.99. The van der Waals surface area contributed by atoms with E-state index in [1.165, 1.54) is 35.9 Å². The zero-order valence-corrected chi connectivity index (χ0v) is 17.0. The lowest BCUT2D eigenvalue weighted by atomic mass is 10.2. The maximum absolute atomic E-state index is 12.6. The van der Waals surface area contributed by atoms with Crippen LogP contribution in [0.25, 0.3) is 10.2 Å². The van der Waals surface area contributed by atoms with E-state index < -0.39 is 0 Å². The number of hydrogen-bond donors (Lipinski definition) is 1. The molecule has 3 aromatic heterocycles. The summed E-state index contributed by atoms with van der Waals surface area (Å²) in [4.78, 5) is 30.4. The third kappa shape index (κ3) is 3.77. The maximum atomic E-state index is 12.6. The quantitative estimate of drug-likeness (QED) is 0.362. The molecule has 146 valence electrons. The van der Waals surface area contributed by atoms with Crippen molar-refractivity contribution in [2.45, 2.75) is 43.4 Å². The molecule has 0 saturated heterocycles. The molecule has 1 aliphatic rings. The van der Waals surface area contributed by atoms with E-state index in [9.17, 15) is 9.59 Å². The molecule has 9 heteroatoms. The molecule has 1 N–H and O–H groups in total. The summed E-state index contributed by atoms with van der Waals surface area (Å²) in [5.74, 6) is 0.745. The summed E-state index contributed by atoms with van der Waals surface area (Å²) in [6.45, 7) is 4.07. The topological polar surface area (TPSA) is 81.8 Å². The average Bonchev–Trinajstić information content (AvgIpc) is 3.43. The van der Waals surface area contributed by atoms with Crippen LogP contribution in [0, 0.1) is 0 Å². The number of allylic oxidation sites excluding steroid dienone is 1. The van der Waals surface area contributed by atoms with Crippen LogP contribution in [0.1, 0.15) is 31.7 Å². The van der Waals surface area contributed by atoms with E-state index in [4.69, 9.17) is 0 Å². The van der Waals surface area contributed by atoms with Crippen LogP contribution in [0.5, 0.6) is 0 Å². The summed E-state index contributed by atoms with van der Waals surface area (Å²) >= 11 is 2.68. The number of anilines is 1. The molecular formula is C19H21N5O2S2. The van der Waals surface area contributed by atoms with E-state index in [0.717, 1.165) is 18.7 Å². The van der Waals surface area contributed by atoms with Crippen molar-refractivity contribution in [1.82, 2.24) is 19.3 Å². The van der Waals surface area contributed by atoms with Gasteiger partial charge in [-0.15, -0.1) is 17.9 Å². The van der Waals surface area contributed by atoms with Gasteiger partial charge in [-0.3, -0.25) is 14.2 Å². The third-order valence-corrected chi connectivity index (χ3v) is 6.58. The molecule has 7 nitrogen and oxygen atoms in total. The van der Waals surface area contributed by atoms with Gasteiger partial charge in [0.25, 0.3) is 5.56 Å². The van der Waals surface area contributed by atoms with Crippen LogP contribution < -0.4 is 10.9 Å². The van der Waals surface area contributed by atoms with Crippen molar-refractivity contribution in [1.29, 1.82) is 0 Å². The number of rotatable bonds is 7. The number of fused-ring (bicyclic) bond motifs is 1. The summed E-state index contributed by atoms with van der Waals surface area (Å²) in [6, 6.07) is 3.96. The van der Waals surface area contributed by atoms with Crippen LogP contribution >= 0.6 is 23.1 Å². The van der Waals surface area contributed by atoms with Gasteiger partial charge < -0.3 is 5.32 Å². The van der Waals surface area contributed by atoms with E-state index in [0.29, 0.717) is 28.0 Å². The molecule has 0 radical (unpaired) electrons. The Morgan fingerprint density at radius 3 is 3.00 bits per heavy atom. The molecule has 0 aliphatic heterocycles. The second-order valence-electron chi connectivity index (χ2n) is 6.67. The molecule has 4 rings (SSSR count). The van der Waals surface area contributed by atoms with Gasteiger partial charge >= 0.3 is 0 Å². The Labute approximate surface area is 170 Å². The monoisotopic (exact) mass is 415 g/mol. The first-order valence-corrected chi connectivity index (χ1v) is 11.1. The Hall–Kier alpha value is -2.39. The highest BCUT2D eigenvalue weighted by Gasteiger charge is 2.21. The first kappa shape index (κ1) is 18.9. The maximum Gasteiger partial charge on any atom is 0.263 e. The number of nitrogens with one attached hydrogen (secondary N) is 1. The predicted octanol–water partition coefficient (Wildman–Crippen LogP) is 3.69. The van der Waals surface area contributed by atoms with Crippen molar-refractivity contribution >= 4 is 45.0 Å². The lowest BCUT2D eigenvalue weighted by Crippen LogP contribution is -2.23. The van der Waals surface area contributed by atoms with Gasteiger partial charge in [0.05, 0.1) is 23.4 Å². The SMILES string of the molecule is C=CCn1c(SCC(=O)Nc2ccnn2C2CCCC2)nc2sccc2c1=O. The fraction of sp³-hybridized carbons (Fsp3) is 0.368. The summed E-state index contributed by atoms with van der Waals surface area (Å²) in [5.41, 5.74) is -0.103. The average molecular weight is 416 g/mol. The van der Waals surface area contributed by atoms with Crippen LogP contribution in [-0.2, 0) is 11.3 Å². The summed E-state index contributed by atoms with van der Waals surface area (Å²) in [6.07, 6.45) is 7.97. The highest BCUT2D eigenvalue weighted by atomic mass is 32.2. The van der Waals surface area contributed by atoms with Gasteiger partial charge in [-0.25, -0.2) is 9.67 Å². The molecule has 3 heterocycles. The minimum Gasteiger partial charge on any atom is -0.310 e. The minimum atomic E-state index is -0.143. The third-order valence-electron chi connectivity index (χ3n) is 4.80. The van der Waals surface area contributed by atoms with Crippen molar-refractivity contribution < 1.29 is 4.79 Å². The Morgan fingerprint density at radius 1 is 1.39 bits per heavy atom. The number of carbonyl (C=O) groups is 1. The molecule has 3 aromatic rings. The van der Waals surface area contributed by atoms with Gasteiger partial charge in [-0.1, -0.05) is 30.7 Å². The molecule has 0 aromatic carbocycles. The van der Waals surface area contributed by atoms with Crippen LogP contribution in [0.3, 0.4) is 0 Å². The van der Waals surface area contributed by atoms with E-state index in [1.807, 2.05) is 16.1 Å². The van der Waals surface area contributed by atoms with E-state index in [-0.39, 0.29) is 17.2 Å². The molecule has 0 bridgehead atoms.